The molecule has 4 fully saturated rings. The second-order valence-corrected chi connectivity index (χ2v) is 13.6. The highest BCUT2D eigenvalue weighted by Gasteiger charge is 2.57. The van der Waals surface area contributed by atoms with Crippen LogP contribution < -0.4 is 5.32 Å². The van der Waals surface area contributed by atoms with Gasteiger partial charge in [-0.15, -0.1) is 0 Å². The minimum atomic E-state index is -0.915. The fraction of sp³-hybridized carbons (Fsp3) is 0.576. The molecule has 6 rings (SSSR count). The lowest BCUT2D eigenvalue weighted by molar-refractivity contribution is -0.384. The van der Waals surface area contributed by atoms with Crippen LogP contribution in [-0.2, 0) is 16.2 Å². The molecule has 1 saturated heterocycles. The Balaban J connectivity index is 1.40. The van der Waals surface area contributed by atoms with E-state index in [4.69, 9.17) is 4.84 Å². The van der Waals surface area contributed by atoms with Gasteiger partial charge in [-0.05, 0) is 72.3 Å². The van der Waals surface area contributed by atoms with Crippen LogP contribution in [0, 0.1) is 39.2 Å². The normalized spacial score (nSPS) is 29.9. The van der Waals surface area contributed by atoms with Gasteiger partial charge in [-0.25, -0.2) is 0 Å². The standard InChI is InChI=1S/C33H44N4O7/c1-18-25-14-23(33(25,3)4)15-26(18)34-31(40)30-29(19(2)39)28(17-38)44-36(30)16-20-8-7-9-21(12-20)24-11-10-22(32(41)35(5)6)13-27(24)37(42)43/h7-13,18-19,23,25-26,28-30,38-39H,14-17H2,1-6H3,(H,34,40)/t18-,19?,23+,25-,26-,28?,29+,30-/m0/s1. The fourth-order valence-corrected chi connectivity index (χ4v) is 7.82. The van der Waals surface area contributed by atoms with Crippen molar-refractivity contribution in [2.24, 2.45) is 29.1 Å². The van der Waals surface area contributed by atoms with Gasteiger partial charge < -0.3 is 20.4 Å². The van der Waals surface area contributed by atoms with Crippen LogP contribution in [0.2, 0.25) is 0 Å². The maximum absolute atomic E-state index is 13.9. The maximum atomic E-state index is 13.9. The van der Waals surface area contributed by atoms with Gasteiger partial charge in [-0.2, -0.15) is 5.06 Å². The van der Waals surface area contributed by atoms with Gasteiger partial charge >= 0.3 is 0 Å². The topological polar surface area (TPSA) is 145 Å². The largest absolute Gasteiger partial charge is 0.394 e. The number of hydrogen-bond donors (Lipinski definition) is 3. The average Bonchev–Trinajstić information content (AvgIpc) is 3.35. The zero-order valence-electron chi connectivity index (χ0n) is 26.3. The molecule has 11 nitrogen and oxygen atoms in total. The number of rotatable bonds is 9. The summed E-state index contributed by atoms with van der Waals surface area (Å²) in [6.07, 6.45) is 0.409. The second-order valence-electron chi connectivity index (χ2n) is 13.6. The van der Waals surface area contributed by atoms with Crippen molar-refractivity contribution in [3.05, 3.63) is 63.7 Å². The molecule has 1 heterocycles. The molecule has 44 heavy (non-hydrogen) atoms. The first-order valence-corrected chi connectivity index (χ1v) is 15.4. The molecule has 3 N–H and O–H groups in total. The van der Waals surface area contributed by atoms with Crippen molar-refractivity contribution in [2.75, 3.05) is 20.7 Å². The number of carbonyl (C=O) groups is 2. The van der Waals surface area contributed by atoms with Crippen LogP contribution in [0.3, 0.4) is 0 Å². The predicted molar refractivity (Wildman–Crippen MR) is 164 cm³/mol. The molecule has 3 aliphatic carbocycles. The van der Waals surface area contributed by atoms with Gasteiger partial charge in [0.1, 0.15) is 12.1 Å². The first kappa shape index (κ1) is 32.0. The van der Waals surface area contributed by atoms with E-state index in [2.05, 4.69) is 26.1 Å². The summed E-state index contributed by atoms with van der Waals surface area (Å²) >= 11 is 0. The summed E-state index contributed by atoms with van der Waals surface area (Å²) in [7, 11) is 3.17. The van der Waals surface area contributed by atoms with E-state index in [0.717, 1.165) is 12.0 Å². The highest BCUT2D eigenvalue weighted by Crippen LogP contribution is 2.61. The number of hydrogen-bond acceptors (Lipinski definition) is 8. The van der Waals surface area contributed by atoms with Gasteiger partial charge in [0.2, 0.25) is 5.91 Å². The molecule has 2 amide bonds. The van der Waals surface area contributed by atoms with Crippen molar-refractivity contribution in [2.45, 2.75) is 71.4 Å². The minimum absolute atomic E-state index is 0.0233. The zero-order valence-corrected chi connectivity index (χ0v) is 26.3. The molecule has 2 aromatic rings. The Morgan fingerprint density at radius 3 is 2.52 bits per heavy atom. The molecule has 2 bridgehead atoms. The maximum Gasteiger partial charge on any atom is 0.277 e. The van der Waals surface area contributed by atoms with Crippen LogP contribution in [0.5, 0.6) is 0 Å². The Morgan fingerprint density at radius 1 is 1.20 bits per heavy atom. The van der Waals surface area contributed by atoms with E-state index in [9.17, 15) is 29.9 Å². The summed E-state index contributed by atoms with van der Waals surface area (Å²) in [6.45, 7) is 8.20. The van der Waals surface area contributed by atoms with Gasteiger partial charge in [0, 0.05) is 37.7 Å². The van der Waals surface area contributed by atoms with Crippen molar-refractivity contribution >= 4 is 17.5 Å². The van der Waals surface area contributed by atoms with Crippen LogP contribution in [0.15, 0.2) is 42.5 Å². The molecule has 8 atom stereocenters. The van der Waals surface area contributed by atoms with E-state index in [1.807, 2.05) is 6.07 Å². The molecule has 0 spiro atoms. The van der Waals surface area contributed by atoms with Crippen molar-refractivity contribution in [1.82, 2.24) is 15.3 Å². The molecule has 2 aromatic carbocycles. The van der Waals surface area contributed by atoms with Crippen molar-refractivity contribution in [1.29, 1.82) is 0 Å². The van der Waals surface area contributed by atoms with E-state index in [0.29, 0.717) is 28.9 Å². The van der Waals surface area contributed by atoms with E-state index in [1.165, 1.54) is 22.5 Å². The van der Waals surface area contributed by atoms with E-state index in [1.54, 1.807) is 51.4 Å². The number of carbonyl (C=O) groups excluding carboxylic acids is 2. The van der Waals surface area contributed by atoms with Crippen LogP contribution in [-0.4, -0.2) is 81.9 Å². The molecule has 0 radical (unpaired) electrons. The van der Waals surface area contributed by atoms with Gasteiger partial charge in [0.15, 0.2) is 0 Å². The van der Waals surface area contributed by atoms with Crippen LogP contribution in [0.4, 0.5) is 5.69 Å². The van der Waals surface area contributed by atoms with Crippen molar-refractivity contribution < 1.29 is 29.6 Å². The minimum Gasteiger partial charge on any atom is -0.394 e. The number of fused-ring (bicyclic) bond motifs is 2. The molecule has 4 aliphatic rings. The average molecular weight is 609 g/mol. The molecule has 11 heteroatoms. The Hall–Kier alpha value is -3.38. The first-order valence-electron chi connectivity index (χ1n) is 15.4. The third-order valence-corrected chi connectivity index (χ3v) is 10.5. The van der Waals surface area contributed by atoms with Gasteiger partial charge in [0.05, 0.1) is 29.7 Å². The Morgan fingerprint density at radius 2 is 1.93 bits per heavy atom. The third-order valence-electron chi connectivity index (χ3n) is 10.5. The molecule has 0 aromatic heterocycles. The van der Waals surface area contributed by atoms with Crippen molar-refractivity contribution in [3.8, 4) is 11.1 Å². The highest BCUT2D eigenvalue weighted by atomic mass is 16.7. The third kappa shape index (κ3) is 5.74. The number of aliphatic hydroxyl groups excluding tert-OH is 2. The zero-order chi connectivity index (χ0) is 32.1. The van der Waals surface area contributed by atoms with E-state index >= 15 is 0 Å². The highest BCUT2D eigenvalue weighted by molar-refractivity contribution is 5.95. The number of nitro groups is 1. The van der Waals surface area contributed by atoms with Crippen LogP contribution in [0.25, 0.3) is 11.1 Å². The Labute approximate surface area is 258 Å². The second kappa shape index (κ2) is 12.2. The lowest BCUT2D eigenvalue weighted by Gasteiger charge is -2.62. The van der Waals surface area contributed by atoms with Crippen LogP contribution in [0.1, 0.15) is 56.5 Å². The molecule has 3 saturated carbocycles. The number of nitro benzene ring substituents is 1. The Kier molecular flexibility index (Phi) is 8.87. The fourth-order valence-electron chi connectivity index (χ4n) is 7.82. The summed E-state index contributed by atoms with van der Waals surface area (Å²) < 4.78 is 0. The molecular formula is C33H44N4O7. The number of hydroxylamine groups is 2. The van der Waals surface area contributed by atoms with Gasteiger partial charge in [-0.1, -0.05) is 39.0 Å². The summed E-state index contributed by atoms with van der Waals surface area (Å²) in [6, 6.07) is 10.7. The number of nitrogens with one attached hydrogen (secondary N) is 1. The summed E-state index contributed by atoms with van der Waals surface area (Å²) in [5.74, 6) is 0.192. The van der Waals surface area contributed by atoms with Gasteiger partial charge in [0.25, 0.3) is 11.6 Å². The molecule has 1 aliphatic heterocycles. The molecule has 2 unspecified atom stereocenters. The smallest absolute Gasteiger partial charge is 0.277 e. The monoisotopic (exact) mass is 608 g/mol. The lowest BCUT2D eigenvalue weighted by Crippen LogP contribution is -2.62. The molecular weight excluding hydrogens is 564 g/mol. The van der Waals surface area contributed by atoms with E-state index in [-0.39, 0.29) is 47.7 Å². The van der Waals surface area contributed by atoms with E-state index < -0.39 is 29.1 Å². The quantitative estimate of drug-likeness (QED) is 0.289. The number of amides is 2. The summed E-state index contributed by atoms with van der Waals surface area (Å²) in [4.78, 5) is 45.3. The number of aliphatic hydroxyl groups is 2. The first-order chi connectivity index (χ1) is 20.7. The lowest BCUT2D eigenvalue weighted by atomic mass is 9.45. The van der Waals surface area contributed by atoms with Crippen LogP contribution >= 0.6 is 0 Å². The molecule has 238 valence electrons. The Bertz CT molecular complexity index is 1430. The number of benzene rings is 2. The van der Waals surface area contributed by atoms with Crippen molar-refractivity contribution in [3.63, 3.8) is 0 Å². The summed E-state index contributed by atoms with van der Waals surface area (Å²) in [5.41, 5.74) is 1.94. The number of nitrogens with zero attached hydrogens (tertiary/aromatic N) is 3. The SMILES string of the molecule is CC(O)[C@@H]1C(CO)ON(Cc2cccc(-c3ccc(C(=O)N(C)C)cc3[N+](=O)[O-])c2)[C@@H]1C(=O)N[C@H]1C[C@H]2C[C@@H]([C@@H]1C)C2(C)C. The summed E-state index contributed by atoms with van der Waals surface area (Å²) in [5, 5.41) is 37.6. The predicted octanol–water partition coefficient (Wildman–Crippen LogP) is 3.62. The van der Waals surface area contributed by atoms with Gasteiger partial charge in [-0.3, -0.25) is 24.5 Å².